The average molecular weight is 500 g/mol. The van der Waals surface area contributed by atoms with E-state index in [0.717, 1.165) is 13.2 Å². The standard InChI is InChI=1S/C21H23F7N2O4/c1-33-15-8-11(22)2-3-14(15)34-16-7-10(20(23,24)25)6-13(21(26,27)28)18(16)19(32)30-12-4-5-29-17(31)9-12/h4-5,7-8,10-14,18H,2-3,6,9H2,1H3,(H,29,31)(H,30,32). The summed E-state index contributed by atoms with van der Waals surface area (Å²) in [4.78, 5) is 24.5. The fraction of sp³-hybridized carbons (Fsp3) is 0.619. The largest absolute Gasteiger partial charge is 0.497 e. The molecule has 1 aliphatic heterocycles. The average Bonchev–Trinajstić information content (AvgIpc) is 2.73. The van der Waals surface area contributed by atoms with E-state index in [1.165, 1.54) is 12.3 Å². The first-order valence-corrected chi connectivity index (χ1v) is 10.5. The molecule has 0 fully saturated rings. The normalized spacial score (nSPS) is 32.3. The first kappa shape index (κ1) is 25.9. The predicted octanol–water partition coefficient (Wildman–Crippen LogP) is 3.81. The number of hydrogen-bond acceptors (Lipinski definition) is 4. The predicted molar refractivity (Wildman–Crippen MR) is 103 cm³/mol. The van der Waals surface area contributed by atoms with Crippen LogP contribution in [0.15, 0.2) is 35.9 Å². The van der Waals surface area contributed by atoms with E-state index in [1.54, 1.807) is 0 Å². The number of carbonyl (C=O) groups excluding carboxylic acids is 2. The van der Waals surface area contributed by atoms with Crippen LogP contribution in [0.4, 0.5) is 30.7 Å². The third kappa shape index (κ3) is 6.03. The maximum absolute atomic E-state index is 13.9. The minimum absolute atomic E-state index is 0.0780. The van der Waals surface area contributed by atoms with Crippen LogP contribution >= 0.6 is 0 Å². The molecule has 3 rings (SSSR count). The SMILES string of the molecule is COC1=CC(F)CCC1OC1=CC(C(F)(F)F)CC(C(F)(F)F)C1C(=O)NC1C=CNC(=O)C1. The molecule has 2 amide bonds. The number of hydrogen-bond donors (Lipinski definition) is 2. The Morgan fingerprint density at radius 1 is 1.09 bits per heavy atom. The quantitative estimate of drug-likeness (QED) is 0.563. The zero-order valence-electron chi connectivity index (χ0n) is 17.9. The van der Waals surface area contributed by atoms with Gasteiger partial charge in [-0.15, -0.1) is 0 Å². The highest BCUT2D eigenvalue weighted by molar-refractivity contribution is 5.84. The van der Waals surface area contributed by atoms with Crippen molar-refractivity contribution in [3.63, 3.8) is 0 Å². The van der Waals surface area contributed by atoms with E-state index in [9.17, 15) is 40.3 Å². The molecule has 6 nitrogen and oxygen atoms in total. The zero-order chi connectivity index (χ0) is 25.3. The van der Waals surface area contributed by atoms with Crippen molar-refractivity contribution < 1.29 is 49.8 Å². The minimum atomic E-state index is -5.16. The summed E-state index contributed by atoms with van der Waals surface area (Å²) in [6.07, 6.45) is -10.5. The Morgan fingerprint density at radius 2 is 1.79 bits per heavy atom. The highest BCUT2D eigenvalue weighted by atomic mass is 19.4. The van der Waals surface area contributed by atoms with Crippen molar-refractivity contribution >= 4 is 11.8 Å². The lowest BCUT2D eigenvalue weighted by atomic mass is 9.76. The molecule has 0 spiro atoms. The van der Waals surface area contributed by atoms with Gasteiger partial charge in [-0.2, -0.15) is 26.3 Å². The number of alkyl halides is 7. The molecule has 0 aromatic rings. The van der Waals surface area contributed by atoms with Gasteiger partial charge in [0.2, 0.25) is 11.8 Å². The van der Waals surface area contributed by atoms with E-state index in [2.05, 4.69) is 10.6 Å². The molecule has 2 N–H and O–H groups in total. The number of allylic oxidation sites excluding steroid dienone is 2. The van der Waals surface area contributed by atoms with E-state index >= 15 is 0 Å². The van der Waals surface area contributed by atoms with Gasteiger partial charge < -0.3 is 20.1 Å². The van der Waals surface area contributed by atoms with Gasteiger partial charge in [0.15, 0.2) is 6.10 Å². The van der Waals surface area contributed by atoms with Crippen molar-refractivity contribution in [1.29, 1.82) is 0 Å². The van der Waals surface area contributed by atoms with Crippen molar-refractivity contribution in [3.05, 3.63) is 35.9 Å². The van der Waals surface area contributed by atoms with Crippen LogP contribution in [0.25, 0.3) is 0 Å². The van der Waals surface area contributed by atoms with Crippen molar-refractivity contribution in [2.45, 2.75) is 56.4 Å². The van der Waals surface area contributed by atoms with Crippen LogP contribution in [0.2, 0.25) is 0 Å². The summed E-state index contributed by atoms with van der Waals surface area (Å²) >= 11 is 0. The molecule has 34 heavy (non-hydrogen) atoms. The summed E-state index contributed by atoms with van der Waals surface area (Å²) in [6.45, 7) is 0. The van der Waals surface area contributed by atoms with Crippen molar-refractivity contribution in [2.24, 2.45) is 17.8 Å². The lowest BCUT2D eigenvalue weighted by molar-refractivity contribution is -0.219. The Balaban J connectivity index is 1.98. The summed E-state index contributed by atoms with van der Waals surface area (Å²) in [5.74, 6) is -9.99. The molecular formula is C21H23F7N2O4. The van der Waals surface area contributed by atoms with Gasteiger partial charge in [-0.3, -0.25) is 9.59 Å². The molecule has 6 atom stereocenters. The molecule has 190 valence electrons. The van der Waals surface area contributed by atoms with E-state index in [-0.39, 0.29) is 25.0 Å². The number of nitrogens with one attached hydrogen (secondary N) is 2. The lowest BCUT2D eigenvalue weighted by Crippen LogP contribution is -2.50. The van der Waals surface area contributed by atoms with E-state index in [1.807, 2.05) is 0 Å². The number of halogens is 7. The van der Waals surface area contributed by atoms with Gasteiger partial charge in [-0.1, -0.05) is 0 Å². The fourth-order valence-electron chi connectivity index (χ4n) is 4.21. The second kappa shape index (κ2) is 9.87. The van der Waals surface area contributed by atoms with E-state index in [4.69, 9.17) is 9.47 Å². The maximum atomic E-state index is 13.9. The second-order valence-electron chi connectivity index (χ2n) is 8.30. The Kier molecular flexibility index (Phi) is 7.51. The van der Waals surface area contributed by atoms with Crippen molar-refractivity contribution in [2.75, 3.05) is 7.11 Å². The highest BCUT2D eigenvalue weighted by Crippen LogP contribution is 2.48. The molecule has 0 saturated carbocycles. The third-order valence-electron chi connectivity index (χ3n) is 5.89. The number of rotatable bonds is 5. The highest BCUT2D eigenvalue weighted by Gasteiger charge is 2.56. The summed E-state index contributed by atoms with van der Waals surface area (Å²) in [5, 5.41) is 4.62. The molecule has 0 radical (unpaired) electrons. The number of carbonyl (C=O) groups is 2. The molecular weight excluding hydrogens is 477 g/mol. The van der Waals surface area contributed by atoms with E-state index < -0.39 is 72.4 Å². The molecule has 6 unspecified atom stereocenters. The summed E-state index contributed by atoms with van der Waals surface area (Å²) in [7, 11) is 1.16. The topological polar surface area (TPSA) is 76.7 Å². The van der Waals surface area contributed by atoms with Crippen molar-refractivity contribution in [3.8, 4) is 0 Å². The molecule has 0 bridgehead atoms. The Morgan fingerprint density at radius 3 is 2.38 bits per heavy atom. The Labute approximate surface area is 190 Å². The smallest absolute Gasteiger partial charge is 0.395 e. The zero-order valence-corrected chi connectivity index (χ0v) is 17.9. The van der Waals surface area contributed by atoms with Crippen LogP contribution in [-0.2, 0) is 19.1 Å². The summed E-state index contributed by atoms with van der Waals surface area (Å²) in [6, 6.07) is -0.951. The van der Waals surface area contributed by atoms with Crippen LogP contribution in [0.1, 0.15) is 25.7 Å². The van der Waals surface area contributed by atoms with Gasteiger partial charge in [0.1, 0.15) is 23.6 Å². The van der Waals surface area contributed by atoms with Crippen LogP contribution in [0.5, 0.6) is 0 Å². The number of amides is 2. The van der Waals surface area contributed by atoms with Crippen LogP contribution in [0, 0.1) is 17.8 Å². The molecule has 13 heteroatoms. The number of ether oxygens (including phenoxy) is 2. The van der Waals surface area contributed by atoms with Gasteiger partial charge in [0, 0.05) is 6.20 Å². The first-order valence-electron chi connectivity index (χ1n) is 10.5. The van der Waals surface area contributed by atoms with Crippen LogP contribution < -0.4 is 10.6 Å². The minimum Gasteiger partial charge on any atom is -0.497 e. The number of methoxy groups -OCH3 is 1. The fourth-order valence-corrected chi connectivity index (χ4v) is 4.21. The van der Waals surface area contributed by atoms with Crippen LogP contribution in [0.3, 0.4) is 0 Å². The molecule has 0 aromatic heterocycles. The summed E-state index contributed by atoms with van der Waals surface area (Å²) in [5.41, 5.74) is 0. The Hall–Kier alpha value is -2.73. The second-order valence-corrected chi connectivity index (χ2v) is 8.30. The van der Waals surface area contributed by atoms with E-state index in [0.29, 0.717) is 6.08 Å². The molecule has 0 aromatic carbocycles. The van der Waals surface area contributed by atoms with Gasteiger partial charge in [0.05, 0.1) is 31.4 Å². The first-order chi connectivity index (χ1) is 15.8. The Bertz CT molecular complexity index is 881. The monoisotopic (exact) mass is 500 g/mol. The molecule has 0 saturated heterocycles. The lowest BCUT2D eigenvalue weighted by Gasteiger charge is -2.38. The van der Waals surface area contributed by atoms with Gasteiger partial charge in [-0.25, -0.2) is 4.39 Å². The van der Waals surface area contributed by atoms with Gasteiger partial charge in [0.25, 0.3) is 0 Å². The van der Waals surface area contributed by atoms with Gasteiger partial charge >= 0.3 is 12.4 Å². The molecule has 2 aliphatic carbocycles. The maximum Gasteiger partial charge on any atom is 0.395 e. The molecule has 1 heterocycles. The molecule has 3 aliphatic rings. The van der Waals surface area contributed by atoms with Crippen LogP contribution in [-0.4, -0.2) is 49.6 Å². The van der Waals surface area contributed by atoms with Crippen molar-refractivity contribution in [1.82, 2.24) is 10.6 Å². The summed E-state index contributed by atoms with van der Waals surface area (Å²) < 4.78 is 106. The van der Waals surface area contributed by atoms with Gasteiger partial charge in [-0.05, 0) is 37.5 Å². The third-order valence-corrected chi connectivity index (χ3v) is 5.89.